The van der Waals surface area contributed by atoms with E-state index in [1.807, 2.05) is 26.1 Å². The summed E-state index contributed by atoms with van der Waals surface area (Å²) < 4.78 is 59.6. The summed E-state index contributed by atoms with van der Waals surface area (Å²) in [5.41, 5.74) is -3.16. The van der Waals surface area contributed by atoms with E-state index in [2.05, 4.69) is 6.92 Å². The first-order chi connectivity index (χ1) is 28.7. The molecule has 1 fully saturated rings. The number of carbonyl (C=O) groups is 3. The SMILES string of the molecule is CCCCCCCCCCCCCCCCCC(=O)OCC(COP(=O)(O)OCC[N+](C)(C)C)OC(=O)CC(C)(C)CC(=O)OC[C@@H]1O[C@H](n2cc(F)c(=O)[nH]c2=O)C[C@H]1O. The van der Waals surface area contributed by atoms with Gasteiger partial charge in [-0.2, -0.15) is 4.39 Å². The number of likely N-dealkylation sites (N-methyl/N-ethyl adjacent to an activating group) is 1. The molecule has 1 aliphatic heterocycles. The number of hydrogen-bond acceptors (Lipinski definition) is 13. The van der Waals surface area contributed by atoms with Crippen molar-refractivity contribution < 1.29 is 65.8 Å². The third-order valence-electron chi connectivity index (χ3n) is 10.2. The van der Waals surface area contributed by atoms with E-state index in [0.29, 0.717) is 23.6 Å². The monoisotopic (exact) mass is 894 g/mol. The van der Waals surface area contributed by atoms with Crippen LogP contribution in [0.1, 0.15) is 149 Å². The number of aliphatic hydroxyl groups excluding tert-OH is 1. The van der Waals surface area contributed by atoms with Crippen molar-refractivity contribution >= 4 is 25.7 Å². The lowest BCUT2D eigenvalue weighted by molar-refractivity contribution is -0.870. The van der Waals surface area contributed by atoms with Crippen LogP contribution in [-0.4, -0.2) is 114 Å². The number of ether oxygens (including phenoxy) is 4. The fourth-order valence-corrected chi connectivity index (χ4v) is 7.41. The second-order valence-electron chi connectivity index (χ2n) is 17.9. The van der Waals surface area contributed by atoms with Crippen LogP contribution in [0.25, 0.3) is 0 Å². The third kappa shape index (κ3) is 24.4. The van der Waals surface area contributed by atoms with Gasteiger partial charge in [-0.05, 0) is 11.8 Å². The maximum atomic E-state index is 13.8. The number of H-pyrrole nitrogens is 1. The summed E-state index contributed by atoms with van der Waals surface area (Å²) >= 11 is 0. The van der Waals surface area contributed by atoms with E-state index >= 15 is 0 Å². The molecule has 1 saturated heterocycles. The Balaban J connectivity index is 1.81. The first-order valence-corrected chi connectivity index (χ1v) is 23.5. The fraction of sp³-hybridized carbons (Fsp3) is 0.833. The highest BCUT2D eigenvalue weighted by Gasteiger charge is 2.37. The maximum absolute atomic E-state index is 13.8. The summed E-state index contributed by atoms with van der Waals surface area (Å²) in [6, 6.07) is 0. The van der Waals surface area contributed by atoms with Gasteiger partial charge < -0.3 is 33.4 Å². The molecule has 0 saturated carbocycles. The maximum Gasteiger partial charge on any atom is 0.472 e. The molecule has 0 amide bonds. The standard InChI is InChI=1S/C42H73FN3O14P/c1-7-8-9-10-11-12-13-14-15-16-17-18-19-20-21-22-37(48)55-29-32(30-58-61(53,54)57-24-23-46(4,5)6)59-39(50)27-42(2,3)26-38(49)56-31-35-34(47)25-36(60-35)45-28-33(43)40(51)44-41(45)52/h28,32,34-36,47H,7-27,29-31H2,1-6H3,(H-,44,51,52,53,54)/p+1/t32?,34-,35+,36+/m1/s1. The zero-order valence-electron chi connectivity index (χ0n) is 37.4. The number of phosphoric ester groups is 1. The Morgan fingerprint density at radius 3 is 2.02 bits per heavy atom. The molecular formula is C42H74FN3O14P+. The Morgan fingerprint density at radius 2 is 1.44 bits per heavy atom. The van der Waals surface area contributed by atoms with E-state index < -0.39 is 92.6 Å². The number of aromatic amines is 1. The number of phosphoric acid groups is 1. The average Bonchev–Trinajstić information content (AvgIpc) is 3.53. The predicted octanol–water partition coefficient (Wildman–Crippen LogP) is 6.23. The summed E-state index contributed by atoms with van der Waals surface area (Å²) in [5.74, 6) is -3.28. The van der Waals surface area contributed by atoms with Crippen LogP contribution in [0.15, 0.2) is 15.8 Å². The molecule has 0 radical (unpaired) electrons. The Hall–Kier alpha value is -2.99. The van der Waals surface area contributed by atoms with Crippen LogP contribution in [0.3, 0.4) is 0 Å². The minimum absolute atomic E-state index is 0.0816. The number of nitrogens with zero attached hydrogens (tertiary/aromatic N) is 2. The minimum atomic E-state index is -4.56. The van der Waals surface area contributed by atoms with Crippen molar-refractivity contribution in [3.63, 3.8) is 0 Å². The van der Waals surface area contributed by atoms with Gasteiger partial charge >= 0.3 is 31.4 Å². The predicted molar refractivity (Wildman–Crippen MR) is 225 cm³/mol. The van der Waals surface area contributed by atoms with Crippen molar-refractivity contribution in [2.45, 2.75) is 167 Å². The van der Waals surface area contributed by atoms with Gasteiger partial charge in [-0.15, -0.1) is 0 Å². The topological polar surface area (TPSA) is 219 Å². The van der Waals surface area contributed by atoms with Crippen molar-refractivity contribution in [1.29, 1.82) is 0 Å². The molecule has 2 unspecified atom stereocenters. The van der Waals surface area contributed by atoms with Gasteiger partial charge in [0.2, 0.25) is 5.82 Å². The number of quaternary nitrogens is 1. The number of halogens is 1. The number of hydrogen-bond donors (Lipinski definition) is 3. The second-order valence-corrected chi connectivity index (χ2v) is 19.3. The molecule has 19 heteroatoms. The molecule has 0 bridgehead atoms. The van der Waals surface area contributed by atoms with E-state index in [1.165, 1.54) is 70.6 Å². The van der Waals surface area contributed by atoms with Crippen LogP contribution in [0.4, 0.5) is 4.39 Å². The lowest BCUT2D eigenvalue weighted by Crippen LogP contribution is -2.37. The Kier molecular flexibility index (Phi) is 24.8. The zero-order chi connectivity index (χ0) is 45.5. The number of carbonyl (C=O) groups excluding carboxylic acids is 3. The van der Waals surface area contributed by atoms with Crippen LogP contribution in [0, 0.1) is 11.2 Å². The van der Waals surface area contributed by atoms with E-state index in [-0.39, 0.29) is 32.3 Å². The van der Waals surface area contributed by atoms with Gasteiger partial charge in [0.1, 0.15) is 38.7 Å². The van der Waals surface area contributed by atoms with Crippen molar-refractivity contribution in [2.75, 3.05) is 54.1 Å². The summed E-state index contributed by atoms with van der Waals surface area (Å²) in [4.78, 5) is 74.1. The van der Waals surface area contributed by atoms with E-state index in [9.17, 15) is 42.9 Å². The molecular weight excluding hydrogens is 820 g/mol. The van der Waals surface area contributed by atoms with E-state index in [0.717, 1.165) is 23.8 Å². The molecule has 0 aromatic carbocycles. The van der Waals surface area contributed by atoms with Crippen LogP contribution in [0.2, 0.25) is 0 Å². The van der Waals surface area contributed by atoms with Gasteiger partial charge in [-0.1, -0.05) is 111 Å². The summed E-state index contributed by atoms with van der Waals surface area (Å²) in [7, 11) is 1.09. The number of unbranched alkanes of at least 4 members (excludes halogenated alkanes) is 14. The van der Waals surface area contributed by atoms with Gasteiger partial charge in [-0.3, -0.25) is 37.8 Å². The first kappa shape index (κ1) is 54.1. The summed E-state index contributed by atoms with van der Waals surface area (Å²) in [5, 5.41) is 10.4. The molecule has 2 rings (SSSR count). The normalized spacial score (nSPS) is 18.4. The largest absolute Gasteiger partial charge is 0.472 e. The van der Waals surface area contributed by atoms with Gasteiger partial charge in [-0.25, -0.2) is 9.36 Å². The number of aromatic nitrogens is 2. The van der Waals surface area contributed by atoms with Gasteiger partial charge in [0, 0.05) is 12.8 Å². The molecule has 1 aliphatic rings. The van der Waals surface area contributed by atoms with Crippen LogP contribution < -0.4 is 11.2 Å². The molecule has 352 valence electrons. The van der Waals surface area contributed by atoms with Gasteiger partial charge in [0.05, 0.1) is 52.9 Å². The quantitative estimate of drug-likeness (QED) is 0.0234. The Morgan fingerprint density at radius 1 is 0.885 bits per heavy atom. The van der Waals surface area contributed by atoms with Crippen LogP contribution >= 0.6 is 7.82 Å². The Labute approximate surface area is 360 Å². The second kappa shape index (κ2) is 27.9. The lowest BCUT2D eigenvalue weighted by atomic mass is 9.86. The molecule has 5 atom stereocenters. The highest BCUT2D eigenvalue weighted by atomic mass is 31.2. The van der Waals surface area contributed by atoms with Gasteiger partial charge in [0.15, 0.2) is 6.10 Å². The highest BCUT2D eigenvalue weighted by molar-refractivity contribution is 7.47. The Bertz CT molecular complexity index is 1630. The van der Waals surface area contributed by atoms with Crippen molar-refractivity contribution in [3.8, 4) is 0 Å². The summed E-state index contributed by atoms with van der Waals surface area (Å²) in [6.07, 6.45) is 13.3. The number of esters is 3. The van der Waals surface area contributed by atoms with Gasteiger partial charge in [0.25, 0.3) is 5.56 Å². The fourth-order valence-electron chi connectivity index (χ4n) is 6.67. The number of nitrogens with one attached hydrogen (secondary N) is 1. The molecule has 3 N–H and O–H groups in total. The van der Waals surface area contributed by atoms with E-state index in [1.54, 1.807) is 13.8 Å². The molecule has 1 aromatic heterocycles. The smallest absolute Gasteiger partial charge is 0.463 e. The van der Waals surface area contributed by atoms with Crippen molar-refractivity contribution in [1.82, 2.24) is 9.55 Å². The molecule has 2 heterocycles. The molecule has 0 aliphatic carbocycles. The number of aliphatic hydroxyl groups is 1. The highest BCUT2D eigenvalue weighted by Crippen LogP contribution is 2.43. The summed E-state index contributed by atoms with van der Waals surface area (Å²) in [6.45, 7) is 4.31. The van der Waals surface area contributed by atoms with Crippen molar-refractivity contribution in [3.05, 3.63) is 32.9 Å². The molecule has 1 aromatic rings. The molecule has 61 heavy (non-hydrogen) atoms. The van der Waals surface area contributed by atoms with Crippen molar-refractivity contribution in [2.24, 2.45) is 5.41 Å². The zero-order valence-corrected chi connectivity index (χ0v) is 38.3. The minimum Gasteiger partial charge on any atom is -0.463 e. The number of rotatable bonds is 33. The van der Waals surface area contributed by atoms with E-state index in [4.69, 9.17) is 28.0 Å². The third-order valence-corrected chi connectivity index (χ3v) is 11.2. The molecule has 17 nitrogen and oxygen atoms in total. The molecule has 0 spiro atoms. The first-order valence-electron chi connectivity index (χ1n) is 22.0. The average molecular weight is 895 g/mol. The van der Waals surface area contributed by atoms with Crippen LogP contribution in [0.5, 0.6) is 0 Å². The lowest BCUT2D eigenvalue weighted by Gasteiger charge is -2.26. The van der Waals surface area contributed by atoms with Crippen LogP contribution in [-0.2, 0) is 46.9 Å².